The Morgan fingerprint density at radius 2 is 1.65 bits per heavy atom. The molecule has 2 aromatic rings. The maximum Gasteiger partial charge on any atom is 0.350 e. The van der Waals surface area contributed by atoms with Gasteiger partial charge in [-0.2, -0.15) is 9.97 Å². The second-order valence-corrected chi connectivity index (χ2v) is 12.5. The molecular formula is C29H40Cl2N5O11P. The summed E-state index contributed by atoms with van der Waals surface area (Å²) in [4.78, 5) is 28.4. The van der Waals surface area contributed by atoms with Gasteiger partial charge in [0, 0.05) is 24.3 Å². The number of ether oxygens (including phenoxy) is 6. The van der Waals surface area contributed by atoms with Gasteiger partial charge in [-0.15, -0.1) is 6.42 Å². The summed E-state index contributed by atoms with van der Waals surface area (Å²) in [7, 11) is -4.45. The Balaban J connectivity index is 1.65. The Kier molecular flexibility index (Phi) is 17.4. The summed E-state index contributed by atoms with van der Waals surface area (Å²) < 4.78 is 43.5. The van der Waals surface area contributed by atoms with Crippen LogP contribution >= 0.6 is 30.8 Å². The van der Waals surface area contributed by atoms with Gasteiger partial charge >= 0.3 is 7.60 Å². The zero-order chi connectivity index (χ0) is 34.9. The first-order valence-corrected chi connectivity index (χ1v) is 17.3. The van der Waals surface area contributed by atoms with Crippen molar-refractivity contribution in [1.82, 2.24) is 9.97 Å². The normalized spacial score (nSPS) is 19.3. The Bertz CT molecular complexity index is 1390. The Hall–Kier alpha value is -2.46. The van der Waals surface area contributed by atoms with Gasteiger partial charge in [0.2, 0.25) is 5.28 Å². The van der Waals surface area contributed by atoms with Crippen molar-refractivity contribution in [2.75, 3.05) is 82.6 Å². The van der Waals surface area contributed by atoms with E-state index in [1.54, 1.807) is 17.0 Å². The highest BCUT2D eigenvalue weighted by Crippen LogP contribution is 2.35. The second kappa shape index (κ2) is 20.9. The third-order valence-corrected chi connectivity index (χ3v) is 7.71. The predicted octanol–water partition coefficient (Wildman–Crippen LogP) is 1.50. The fourth-order valence-electron chi connectivity index (χ4n) is 4.40. The average molecular weight is 737 g/mol. The number of hydrogen-bond donors (Lipinski definition) is 6. The van der Waals surface area contributed by atoms with Crippen molar-refractivity contribution < 1.29 is 53.0 Å². The number of aliphatic hydroxyl groups is 2. The van der Waals surface area contributed by atoms with Crippen LogP contribution in [-0.4, -0.2) is 133 Å². The molecule has 266 valence electrons. The van der Waals surface area contributed by atoms with Gasteiger partial charge in [0.1, 0.15) is 42.9 Å². The van der Waals surface area contributed by atoms with Gasteiger partial charge in [-0.1, -0.05) is 35.7 Å². The van der Waals surface area contributed by atoms with Gasteiger partial charge in [0.25, 0.3) is 0 Å². The Morgan fingerprint density at radius 3 is 2.27 bits per heavy atom. The molecule has 1 saturated heterocycles. The van der Waals surface area contributed by atoms with Crippen molar-refractivity contribution in [3.8, 4) is 12.3 Å². The van der Waals surface area contributed by atoms with E-state index in [4.69, 9.17) is 73.2 Å². The summed E-state index contributed by atoms with van der Waals surface area (Å²) in [6, 6.07) is 7.23. The van der Waals surface area contributed by atoms with Gasteiger partial charge in [0.15, 0.2) is 6.23 Å². The fourth-order valence-corrected chi connectivity index (χ4v) is 5.10. The van der Waals surface area contributed by atoms with Crippen molar-refractivity contribution in [3.05, 3.63) is 45.7 Å². The summed E-state index contributed by atoms with van der Waals surface area (Å²) in [6.07, 6.45) is -0.0645. The maximum absolute atomic E-state index is 11.1. The van der Waals surface area contributed by atoms with Crippen molar-refractivity contribution >= 4 is 48.6 Å². The van der Waals surface area contributed by atoms with Crippen LogP contribution in [0.2, 0.25) is 10.3 Å². The molecule has 1 aliphatic heterocycles. The van der Waals surface area contributed by atoms with Crippen LogP contribution in [0.15, 0.2) is 24.3 Å². The number of aromatic nitrogens is 2. The van der Waals surface area contributed by atoms with Gasteiger partial charge in [-0.25, -0.2) is 0 Å². The largest absolute Gasteiger partial charge is 0.387 e. The highest BCUT2D eigenvalue weighted by molar-refractivity contribution is 7.51. The minimum absolute atomic E-state index is 0.0244. The smallest absolute Gasteiger partial charge is 0.350 e. The summed E-state index contributed by atoms with van der Waals surface area (Å²) in [5.74, 6) is 2.66. The van der Waals surface area contributed by atoms with Crippen molar-refractivity contribution in [1.29, 1.82) is 5.41 Å². The van der Waals surface area contributed by atoms with Gasteiger partial charge < -0.3 is 64.0 Å². The number of nitrogens with zero attached hydrogens (tertiary/aromatic N) is 3. The standard InChI is InChI=1S/C29H40Cl2N5O11P/c1-2-8-42-10-12-44-14-15-45-13-11-43-9-7-36(17-20-5-3-4-6-22(20)30)27-21(16-32)26(34-29(31)35-27)33-28-25(38)24(37)23(47-28)18-46-19-48(39,40)41/h1,3-6,16,23-25,28,32,37-38H,7-15,17-19H2,(H,33,34,35)(H2,39,40,41)/t23-,24-,25-,28-/m1/s1. The van der Waals surface area contributed by atoms with Crippen LogP contribution in [0.3, 0.4) is 0 Å². The van der Waals surface area contributed by atoms with E-state index < -0.39 is 45.1 Å². The third kappa shape index (κ3) is 13.4. The monoisotopic (exact) mass is 735 g/mol. The summed E-state index contributed by atoms with van der Waals surface area (Å²) in [6.45, 7) is 2.88. The number of benzene rings is 1. The van der Waals surface area contributed by atoms with Crippen molar-refractivity contribution in [2.24, 2.45) is 0 Å². The van der Waals surface area contributed by atoms with E-state index in [0.717, 1.165) is 11.8 Å². The number of rotatable bonds is 23. The van der Waals surface area contributed by atoms with Crippen LogP contribution in [0.5, 0.6) is 0 Å². The van der Waals surface area contributed by atoms with Crippen LogP contribution in [0.1, 0.15) is 11.1 Å². The van der Waals surface area contributed by atoms with Crippen LogP contribution in [0.4, 0.5) is 11.6 Å². The Morgan fingerprint density at radius 1 is 1.00 bits per heavy atom. The molecule has 0 amide bonds. The average Bonchev–Trinajstić information content (AvgIpc) is 3.30. The van der Waals surface area contributed by atoms with Crippen LogP contribution in [0.25, 0.3) is 0 Å². The molecule has 16 nitrogen and oxygen atoms in total. The summed E-state index contributed by atoms with van der Waals surface area (Å²) >= 11 is 12.8. The van der Waals surface area contributed by atoms with E-state index in [-0.39, 0.29) is 42.2 Å². The quantitative estimate of drug-likeness (QED) is 0.0313. The minimum Gasteiger partial charge on any atom is -0.387 e. The number of hydrogen-bond acceptors (Lipinski definition) is 14. The zero-order valence-corrected chi connectivity index (χ0v) is 28.4. The lowest BCUT2D eigenvalue weighted by Gasteiger charge is -2.27. The topological polar surface area (TPSA) is 218 Å². The van der Waals surface area contributed by atoms with E-state index in [9.17, 15) is 14.8 Å². The molecule has 1 fully saturated rings. The lowest BCUT2D eigenvalue weighted by molar-refractivity contribution is -0.0329. The van der Waals surface area contributed by atoms with Crippen LogP contribution in [-0.2, 0) is 39.5 Å². The highest BCUT2D eigenvalue weighted by Gasteiger charge is 2.43. The molecular weight excluding hydrogens is 696 g/mol. The first kappa shape index (κ1) is 40.0. The number of halogens is 2. The van der Waals surface area contributed by atoms with Gasteiger partial charge in [0.05, 0.1) is 58.4 Å². The second-order valence-electron chi connectivity index (χ2n) is 10.2. The molecule has 3 rings (SSSR count). The summed E-state index contributed by atoms with van der Waals surface area (Å²) in [5, 5.41) is 32.4. The number of aliphatic hydroxyl groups excluding tert-OH is 2. The number of anilines is 2. The molecule has 0 spiro atoms. The molecule has 6 N–H and O–H groups in total. The van der Waals surface area contributed by atoms with E-state index in [1.165, 1.54) is 0 Å². The number of terminal acetylenes is 1. The van der Waals surface area contributed by atoms with E-state index >= 15 is 0 Å². The lowest BCUT2D eigenvalue weighted by atomic mass is 10.1. The molecule has 0 unspecified atom stereocenters. The zero-order valence-electron chi connectivity index (χ0n) is 26.0. The minimum atomic E-state index is -4.45. The number of nitrogens with one attached hydrogen (secondary N) is 2. The molecule has 1 aromatic carbocycles. The van der Waals surface area contributed by atoms with E-state index in [2.05, 4.69) is 21.2 Å². The predicted molar refractivity (Wildman–Crippen MR) is 177 cm³/mol. The molecule has 0 saturated carbocycles. The van der Waals surface area contributed by atoms with E-state index in [0.29, 0.717) is 51.2 Å². The molecule has 1 aliphatic rings. The summed E-state index contributed by atoms with van der Waals surface area (Å²) in [5.41, 5.74) is 0.953. The molecule has 2 heterocycles. The molecule has 48 heavy (non-hydrogen) atoms. The van der Waals surface area contributed by atoms with Crippen molar-refractivity contribution in [3.63, 3.8) is 0 Å². The molecule has 0 bridgehead atoms. The van der Waals surface area contributed by atoms with Crippen LogP contribution < -0.4 is 10.2 Å². The van der Waals surface area contributed by atoms with Gasteiger partial charge in [-0.3, -0.25) is 4.57 Å². The SMILES string of the molecule is C#CCOCCOCCOCCOCCN(Cc1ccccc1Cl)c1nc(Cl)nc(N[C@@H]2O[C@H](COCP(=O)(O)O)[C@@H](O)[C@H]2O)c1C=N. The molecule has 0 aliphatic carbocycles. The molecule has 0 radical (unpaired) electrons. The molecule has 4 atom stereocenters. The highest BCUT2D eigenvalue weighted by atomic mass is 35.5. The molecule has 1 aromatic heterocycles. The maximum atomic E-state index is 11.1. The Labute approximate surface area is 288 Å². The first-order chi connectivity index (χ1) is 23.0. The molecule has 19 heteroatoms. The van der Waals surface area contributed by atoms with Gasteiger partial charge in [-0.05, 0) is 23.2 Å². The van der Waals surface area contributed by atoms with Crippen molar-refractivity contribution in [2.45, 2.75) is 31.1 Å². The third-order valence-electron chi connectivity index (χ3n) is 6.65. The fraction of sp³-hybridized carbons (Fsp3) is 0.552. The first-order valence-electron chi connectivity index (χ1n) is 14.7. The van der Waals surface area contributed by atoms with Crippen LogP contribution in [0, 0.1) is 17.8 Å². The lowest BCUT2D eigenvalue weighted by Crippen LogP contribution is -2.37. The van der Waals surface area contributed by atoms with E-state index in [1.807, 2.05) is 12.1 Å².